The summed E-state index contributed by atoms with van der Waals surface area (Å²) >= 11 is 0. The average Bonchev–Trinajstić information content (AvgIpc) is 2.75. The van der Waals surface area contributed by atoms with Crippen molar-refractivity contribution in [3.8, 4) is 11.3 Å². The Hall–Kier alpha value is -1.61. The van der Waals surface area contributed by atoms with Gasteiger partial charge < -0.3 is 10.2 Å². The summed E-state index contributed by atoms with van der Waals surface area (Å²) in [6.45, 7) is 6.95. The summed E-state index contributed by atoms with van der Waals surface area (Å²) in [5.74, 6) is 0.790. The SMILES string of the molecule is CC(C)(C)c1ccccc1-c1ocnc1CN. The molecule has 0 unspecified atom stereocenters. The Labute approximate surface area is 102 Å². The molecule has 90 valence electrons. The number of oxazole rings is 1. The van der Waals surface area contributed by atoms with Crippen molar-refractivity contribution in [3.63, 3.8) is 0 Å². The van der Waals surface area contributed by atoms with Crippen LogP contribution < -0.4 is 5.73 Å². The number of hydrogen-bond acceptors (Lipinski definition) is 3. The molecule has 0 atom stereocenters. The van der Waals surface area contributed by atoms with Crippen LogP contribution in [0, 0.1) is 0 Å². The maximum atomic E-state index is 5.67. The zero-order valence-electron chi connectivity index (χ0n) is 10.5. The molecular weight excluding hydrogens is 212 g/mol. The van der Waals surface area contributed by atoms with Crippen molar-refractivity contribution in [2.24, 2.45) is 5.73 Å². The van der Waals surface area contributed by atoms with Crippen LogP contribution in [-0.4, -0.2) is 4.98 Å². The first-order valence-electron chi connectivity index (χ1n) is 5.76. The van der Waals surface area contributed by atoms with Gasteiger partial charge in [-0.15, -0.1) is 0 Å². The molecule has 0 fully saturated rings. The first-order chi connectivity index (χ1) is 8.04. The third kappa shape index (κ3) is 2.24. The molecular formula is C14H18N2O. The van der Waals surface area contributed by atoms with Gasteiger partial charge in [-0.2, -0.15) is 0 Å². The van der Waals surface area contributed by atoms with Crippen LogP contribution in [0.3, 0.4) is 0 Å². The van der Waals surface area contributed by atoms with Crippen molar-refractivity contribution in [2.45, 2.75) is 32.7 Å². The van der Waals surface area contributed by atoms with Crippen molar-refractivity contribution < 1.29 is 4.42 Å². The Balaban J connectivity index is 2.60. The summed E-state index contributed by atoms with van der Waals surface area (Å²) in [4.78, 5) is 4.14. The van der Waals surface area contributed by atoms with E-state index in [0.717, 1.165) is 17.0 Å². The van der Waals surface area contributed by atoms with Gasteiger partial charge in [0.05, 0.1) is 0 Å². The van der Waals surface area contributed by atoms with Gasteiger partial charge >= 0.3 is 0 Å². The smallest absolute Gasteiger partial charge is 0.181 e. The monoisotopic (exact) mass is 230 g/mol. The molecule has 0 aliphatic rings. The first kappa shape index (κ1) is 11.9. The standard InChI is InChI=1S/C14H18N2O/c1-14(2,3)11-7-5-4-6-10(11)13-12(8-15)16-9-17-13/h4-7,9H,8,15H2,1-3H3. The zero-order valence-corrected chi connectivity index (χ0v) is 10.5. The lowest BCUT2D eigenvalue weighted by Crippen LogP contribution is -2.13. The van der Waals surface area contributed by atoms with Crippen LogP contribution >= 0.6 is 0 Å². The highest BCUT2D eigenvalue weighted by Crippen LogP contribution is 2.34. The fourth-order valence-electron chi connectivity index (χ4n) is 1.97. The van der Waals surface area contributed by atoms with Gasteiger partial charge in [-0.05, 0) is 11.0 Å². The Morgan fingerprint density at radius 3 is 2.59 bits per heavy atom. The molecule has 1 aromatic heterocycles. The summed E-state index contributed by atoms with van der Waals surface area (Å²) in [7, 11) is 0. The van der Waals surface area contributed by atoms with E-state index in [-0.39, 0.29) is 5.41 Å². The molecule has 0 saturated carbocycles. The van der Waals surface area contributed by atoms with Gasteiger partial charge in [0.2, 0.25) is 0 Å². The van der Waals surface area contributed by atoms with Crippen LogP contribution in [0.1, 0.15) is 32.0 Å². The number of nitrogens with two attached hydrogens (primary N) is 1. The van der Waals surface area contributed by atoms with Gasteiger partial charge in [-0.3, -0.25) is 0 Å². The second-order valence-corrected chi connectivity index (χ2v) is 5.13. The van der Waals surface area contributed by atoms with E-state index in [4.69, 9.17) is 10.2 Å². The van der Waals surface area contributed by atoms with Crippen molar-refractivity contribution >= 4 is 0 Å². The molecule has 0 radical (unpaired) electrons. The molecule has 2 rings (SSSR count). The van der Waals surface area contributed by atoms with E-state index in [1.807, 2.05) is 12.1 Å². The molecule has 3 nitrogen and oxygen atoms in total. The molecule has 0 saturated heterocycles. The van der Waals surface area contributed by atoms with Crippen LogP contribution in [0.25, 0.3) is 11.3 Å². The van der Waals surface area contributed by atoms with Gasteiger partial charge in [0, 0.05) is 12.1 Å². The highest BCUT2D eigenvalue weighted by atomic mass is 16.3. The Morgan fingerprint density at radius 1 is 1.24 bits per heavy atom. The van der Waals surface area contributed by atoms with E-state index >= 15 is 0 Å². The second kappa shape index (κ2) is 4.34. The molecule has 0 aliphatic carbocycles. The molecule has 17 heavy (non-hydrogen) atoms. The van der Waals surface area contributed by atoms with E-state index in [1.54, 1.807) is 0 Å². The summed E-state index contributed by atoms with van der Waals surface area (Å²) < 4.78 is 5.49. The van der Waals surface area contributed by atoms with Gasteiger partial charge in [-0.25, -0.2) is 4.98 Å². The van der Waals surface area contributed by atoms with Crippen molar-refractivity contribution in [2.75, 3.05) is 0 Å². The molecule has 0 amide bonds. The molecule has 3 heteroatoms. The topological polar surface area (TPSA) is 52.0 Å². The van der Waals surface area contributed by atoms with Crippen molar-refractivity contribution in [1.82, 2.24) is 4.98 Å². The van der Waals surface area contributed by atoms with Gasteiger partial charge in [-0.1, -0.05) is 45.0 Å². The molecule has 1 aromatic carbocycles. The van der Waals surface area contributed by atoms with Crippen LogP contribution in [0.15, 0.2) is 35.1 Å². The Bertz CT molecular complexity index is 509. The zero-order chi connectivity index (χ0) is 12.5. The minimum atomic E-state index is 0.0647. The van der Waals surface area contributed by atoms with E-state index < -0.39 is 0 Å². The summed E-state index contributed by atoms with van der Waals surface area (Å²) in [5, 5.41) is 0. The lowest BCUT2D eigenvalue weighted by atomic mass is 9.83. The summed E-state index contributed by atoms with van der Waals surface area (Å²) in [6.07, 6.45) is 1.46. The highest BCUT2D eigenvalue weighted by Gasteiger charge is 2.21. The maximum Gasteiger partial charge on any atom is 0.181 e. The number of benzene rings is 1. The average molecular weight is 230 g/mol. The minimum absolute atomic E-state index is 0.0647. The largest absolute Gasteiger partial charge is 0.443 e. The van der Waals surface area contributed by atoms with E-state index in [9.17, 15) is 0 Å². The highest BCUT2D eigenvalue weighted by molar-refractivity contribution is 5.65. The third-order valence-electron chi connectivity index (χ3n) is 2.81. The van der Waals surface area contributed by atoms with Crippen molar-refractivity contribution in [1.29, 1.82) is 0 Å². The van der Waals surface area contributed by atoms with Crippen LogP contribution in [-0.2, 0) is 12.0 Å². The fraction of sp³-hybridized carbons (Fsp3) is 0.357. The molecule has 2 aromatic rings. The van der Waals surface area contributed by atoms with E-state index in [1.165, 1.54) is 12.0 Å². The molecule has 0 spiro atoms. The van der Waals surface area contributed by atoms with Crippen molar-refractivity contribution in [3.05, 3.63) is 41.9 Å². The Kier molecular flexibility index (Phi) is 3.03. The predicted molar refractivity (Wildman–Crippen MR) is 68.5 cm³/mol. The van der Waals surface area contributed by atoms with E-state index in [2.05, 4.69) is 37.9 Å². The van der Waals surface area contributed by atoms with Gasteiger partial charge in [0.15, 0.2) is 12.2 Å². The maximum absolute atomic E-state index is 5.67. The minimum Gasteiger partial charge on any atom is -0.443 e. The first-order valence-corrected chi connectivity index (χ1v) is 5.76. The summed E-state index contributed by atoms with van der Waals surface area (Å²) in [6, 6.07) is 8.23. The number of rotatable bonds is 2. The second-order valence-electron chi connectivity index (χ2n) is 5.13. The van der Waals surface area contributed by atoms with Gasteiger partial charge in [0.1, 0.15) is 5.69 Å². The Morgan fingerprint density at radius 2 is 1.94 bits per heavy atom. The molecule has 0 bridgehead atoms. The lowest BCUT2D eigenvalue weighted by molar-refractivity contribution is 0.559. The summed E-state index contributed by atoms with van der Waals surface area (Å²) in [5.41, 5.74) is 8.86. The number of hydrogen-bond donors (Lipinski definition) is 1. The fourth-order valence-corrected chi connectivity index (χ4v) is 1.97. The molecule has 1 heterocycles. The molecule has 2 N–H and O–H groups in total. The normalized spacial score (nSPS) is 11.8. The van der Waals surface area contributed by atoms with Crippen LogP contribution in [0.4, 0.5) is 0 Å². The quantitative estimate of drug-likeness (QED) is 0.862. The van der Waals surface area contributed by atoms with Crippen LogP contribution in [0.2, 0.25) is 0 Å². The van der Waals surface area contributed by atoms with Crippen LogP contribution in [0.5, 0.6) is 0 Å². The van der Waals surface area contributed by atoms with E-state index in [0.29, 0.717) is 6.54 Å². The number of nitrogens with zero attached hydrogens (tertiary/aromatic N) is 1. The lowest BCUT2D eigenvalue weighted by Gasteiger charge is -2.22. The van der Waals surface area contributed by atoms with Gasteiger partial charge in [0.25, 0.3) is 0 Å². The molecule has 0 aliphatic heterocycles. The predicted octanol–water partition coefficient (Wildman–Crippen LogP) is 3.10. The number of aromatic nitrogens is 1. The third-order valence-corrected chi connectivity index (χ3v) is 2.81.